The predicted octanol–water partition coefficient (Wildman–Crippen LogP) is 5.88. The van der Waals surface area contributed by atoms with Gasteiger partial charge in [-0.3, -0.25) is 0 Å². The Hall–Kier alpha value is -2.79. The van der Waals surface area contributed by atoms with E-state index in [9.17, 15) is 4.39 Å². The van der Waals surface area contributed by atoms with Crippen LogP contribution in [0.15, 0.2) is 65.7 Å². The van der Waals surface area contributed by atoms with Crippen molar-refractivity contribution in [1.82, 2.24) is 0 Å². The van der Waals surface area contributed by atoms with Gasteiger partial charge < -0.3 is 0 Å². The SMILES string of the molecule is Cc1ccc(C2=CCC(C#Cc3ccc(N=C=S)c(F)c3)C=C2)cc1. The molecule has 0 saturated heterocycles. The number of aryl methyl sites for hydroxylation is 1. The number of benzene rings is 2. The summed E-state index contributed by atoms with van der Waals surface area (Å²) in [6, 6.07) is 13.2. The third-order valence-electron chi connectivity index (χ3n) is 4.00. The van der Waals surface area contributed by atoms with E-state index in [0.29, 0.717) is 5.56 Å². The lowest BCUT2D eigenvalue weighted by Gasteiger charge is -2.11. The standard InChI is InChI=1S/C22H16FNS/c1-16-2-9-19(10-3-16)20-11-6-17(7-12-20)4-5-18-8-13-22(24-15-25)21(23)14-18/h2-3,6,8-14,17H,7H2,1H3. The highest BCUT2D eigenvalue weighted by Gasteiger charge is 2.07. The Labute approximate surface area is 152 Å². The van der Waals surface area contributed by atoms with Gasteiger partial charge in [0.15, 0.2) is 5.82 Å². The van der Waals surface area contributed by atoms with Gasteiger partial charge in [-0.2, -0.15) is 4.99 Å². The van der Waals surface area contributed by atoms with Gasteiger partial charge in [0.05, 0.1) is 5.16 Å². The van der Waals surface area contributed by atoms with Crippen LogP contribution in [-0.2, 0) is 0 Å². The van der Waals surface area contributed by atoms with Crippen LogP contribution < -0.4 is 0 Å². The second kappa shape index (κ2) is 7.85. The van der Waals surface area contributed by atoms with Crippen molar-refractivity contribution in [2.45, 2.75) is 13.3 Å². The molecule has 3 heteroatoms. The second-order valence-corrected chi connectivity index (χ2v) is 6.05. The number of isothiocyanates is 1. The van der Waals surface area contributed by atoms with Crippen LogP contribution >= 0.6 is 12.2 Å². The number of halogens is 1. The van der Waals surface area contributed by atoms with Gasteiger partial charge in [0.1, 0.15) is 5.69 Å². The molecule has 0 heterocycles. The Morgan fingerprint density at radius 1 is 1.16 bits per heavy atom. The number of rotatable bonds is 2. The van der Waals surface area contributed by atoms with Crippen LogP contribution in [0.5, 0.6) is 0 Å². The van der Waals surface area contributed by atoms with Crippen LogP contribution in [0.1, 0.15) is 23.1 Å². The lowest BCUT2D eigenvalue weighted by molar-refractivity contribution is 0.629. The predicted molar refractivity (Wildman–Crippen MR) is 104 cm³/mol. The number of hydrogen-bond donors (Lipinski definition) is 0. The van der Waals surface area contributed by atoms with Crippen LogP contribution in [0.2, 0.25) is 0 Å². The molecule has 0 aromatic heterocycles. The van der Waals surface area contributed by atoms with Gasteiger partial charge in [-0.25, -0.2) is 4.39 Å². The highest BCUT2D eigenvalue weighted by molar-refractivity contribution is 7.78. The molecule has 1 aliphatic carbocycles. The number of hydrogen-bond acceptors (Lipinski definition) is 2. The Kier molecular flexibility index (Phi) is 5.36. The molecule has 2 aromatic rings. The molecule has 1 unspecified atom stereocenters. The second-order valence-electron chi connectivity index (χ2n) is 5.87. The minimum absolute atomic E-state index is 0.135. The van der Waals surface area contributed by atoms with E-state index in [4.69, 9.17) is 0 Å². The van der Waals surface area contributed by atoms with Crippen molar-refractivity contribution in [3.05, 3.63) is 83.2 Å². The molecule has 0 N–H and O–H groups in total. The molecule has 122 valence electrons. The molecule has 0 fully saturated rings. The first-order valence-corrected chi connectivity index (χ1v) is 8.41. The maximum Gasteiger partial charge on any atom is 0.150 e. The van der Waals surface area contributed by atoms with Gasteiger partial charge in [-0.1, -0.05) is 59.9 Å². The first-order chi connectivity index (χ1) is 12.2. The fourth-order valence-electron chi connectivity index (χ4n) is 2.59. The molecule has 1 aliphatic rings. The Morgan fingerprint density at radius 3 is 2.60 bits per heavy atom. The molecule has 0 saturated carbocycles. The summed E-state index contributed by atoms with van der Waals surface area (Å²) in [5, 5.41) is 2.17. The summed E-state index contributed by atoms with van der Waals surface area (Å²) in [5.74, 6) is 5.91. The zero-order valence-corrected chi connectivity index (χ0v) is 14.6. The molecule has 0 spiro atoms. The van der Waals surface area contributed by atoms with Crippen LogP contribution in [-0.4, -0.2) is 5.16 Å². The summed E-state index contributed by atoms with van der Waals surface area (Å²) in [7, 11) is 0. The molecular weight excluding hydrogens is 329 g/mol. The normalized spacial score (nSPS) is 15.6. The largest absolute Gasteiger partial charge is 0.205 e. The van der Waals surface area contributed by atoms with Gasteiger partial charge in [0.2, 0.25) is 0 Å². The van der Waals surface area contributed by atoms with E-state index in [2.05, 4.69) is 83.6 Å². The van der Waals surface area contributed by atoms with Gasteiger partial charge in [0.25, 0.3) is 0 Å². The molecule has 1 nitrogen and oxygen atoms in total. The van der Waals surface area contributed by atoms with E-state index in [-0.39, 0.29) is 11.6 Å². The highest BCUT2D eigenvalue weighted by atomic mass is 32.1. The number of thiocarbonyl (C=S) groups is 1. The third kappa shape index (κ3) is 4.39. The number of allylic oxidation sites excluding steroid dienone is 4. The maximum atomic E-state index is 13.8. The summed E-state index contributed by atoms with van der Waals surface area (Å²) in [4.78, 5) is 3.66. The molecule has 0 radical (unpaired) electrons. The van der Waals surface area contributed by atoms with E-state index >= 15 is 0 Å². The molecule has 0 aliphatic heterocycles. The monoisotopic (exact) mass is 345 g/mol. The Balaban J connectivity index is 1.70. The van der Waals surface area contributed by atoms with Gasteiger partial charge in [-0.05, 0) is 54.9 Å². The first kappa shape index (κ1) is 17.0. The topological polar surface area (TPSA) is 12.4 Å². The summed E-state index contributed by atoms with van der Waals surface area (Å²) >= 11 is 4.49. The van der Waals surface area contributed by atoms with Crippen LogP contribution in [0.3, 0.4) is 0 Å². The molecular formula is C22H16FNS. The van der Waals surface area contributed by atoms with Crippen LogP contribution in [0.25, 0.3) is 5.57 Å². The number of aliphatic imine (C=N–C) groups is 1. The summed E-state index contributed by atoms with van der Waals surface area (Å²) in [5.41, 5.74) is 4.49. The lowest BCUT2D eigenvalue weighted by atomic mass is 9.93. The fraction of sp³-hybridized carbons (Fsp3) is 0.136. The van der Waals surface area contributed by atoms with Crippen molar-refractivity contribution in [3.63, 3.8) is 0 Å². The van der Waals surface area contributed by atoms with Gasteiger partial charge >= 0.3 is 0 Å². The van der Waals surface area contributed by atoms with Crippen molar-refractivity contribution in [2.75, 3.05) is 0 Å². The summed E-state index contributed by atoms with van der Waals surface area (Å²) < 4.78 is 13.8. The zero-order valence-electron chi connectivity index (χ0n) is 13.8. The van der Waals surface area contributed by atoms with E-state index in [0.717, 1.165) is 6.42 Å². The van der Waals surface area contributed by atoms with Crippen molar-refractivity contribution >= 4 is 28.6 Å². The maximum absolute atomic E-state index is 13.8. The summed E-state index contributed by atoms with van der Waals surface area (Å²) in [6.45, 7) is 2.08. The summed E-state index contributed by atoms with van der Waals surface area (Å²) in [6.07, 6.45) is 7.25. The van der Waals surface area contributed by atoms with E-state index in [1.807, 2.05) is 0 Å². The lowest BCUT2D eigenvalue weighted by Crippen LogP contribution is -1.97. The Bertz CT molecular complexity index is 952. The third-order valence-corrected chi connectivity index (χ3v) is 4.09. The average Bonchev–Trinajstić information content (AvgIpc) is 2.63. The first-order valence-electron chi connectivity index (χ1n) is 8.00. The smallest absolute Gasteiger partial charge is 0.150 e. The zero-order chi connectivity index (χ0) is 17.6. The molecule has 3 rings (SSSR count). The van der Waals surface area contributed by atoms with Crippen molar-refractivity contribution in [3.8, 4) is 11.8 Å². The molecule has 0 amide bonds. The highest BCUT2D eigenvalue weighted by Crippen LogP contribution is 2.24. The van der Waals surface area contributed by atoms with E-state index in [1.165, 1.54) is 22.8 Å². The molecule has 2 aromatic carbocycles. The quantitative estimate of drug-likeness (QED) is 0.376. The average molecular weight is 345 g/mol. The number of nitrogens with zero attached hydrogens (tertiary/aromatic N) is 1. The minimum atomic E-state index is -0.440. The van der Waals surface area contributed by atoms with Crippen LogP contribution in [0.4, 0.5) is 10.1 Å². The van der Waals surface area contributed by atoms with Gasteiger partial charge in [-0.15, -0.1) is 0 Å². The van der Waals surface area contributed by atoms with Crippen LogP contribution in [0, 0.1) is 30.5 Å². The molecule has 0 bridgehead atoms. The Morgan fingerprint density at radius 2 is 1.96 bits per heavy atom. The van der Waals surface area contributed by atoms with E-state index < -0.39 is 5.82 Å². The van der Waals surface area contributed by atoms with Crippen molar-refractivity contribution in [1.29, 1.82) is 0 Å². The molecule has 25 heavy (non-hydrogen) atoms. The van der Waals surface area contributed by atoms with Gasteiger partial charge in [0, 0.05) is 11.5 Å². The van der Waals surface area contributed by atoms with E-state index in [1.54, 1.807) is 12.1 Å². The van der Waals surface area contributed by atoms with Crippen molar-refractivity contribution < 1.29 is 4.39 Å². The minimum Gasteiger partial charge on any atom is -0.205 e. The molecule has 1 atom stereocenters. The van der Waals surface area contributed by atoms with Crippen molar-refractivity contribution in [2.24, 2.45) is 10.9 Å². The fourth-order valence-corrected chi connectivity index (χ4v) is 2.69.